The lowest BCUT2D eigenvalue weighted by Crippen LogP contribution is -2.39. The van der Waals surface area contributed by atoms with Crippen LogP contribution < -0.4 is 14.5 Å². The van der Waals surface area contributed by atoms with Gasteiger partial charge in [-0.05, 0) is 60.7 Å². The Morgan fingerprint density at radius 3 is 2.09 bits per heavy atom. The lowest BCUT2D eigenvalue weighted by Gasteiger charge is -2.25. The van der Waals surface area contributed by atoms with E-state index in [2.05, 4.69) is 36.5 Å². The number of methoxy groups -OCH3 is 1. The summed E-state index contributed by atoms with van der Waals surface area (Å²) in [5, 5.41) is 4.24. The van der Waals surface area contributed by atoms with Crippen LogP contribution in [0.25, 0.3) is 0 Å². The number of hydrogen-bond donors (Lipinski definition) is 1. The molecule has 1 N–H and O–H groups in total. The smallest absolute Gasteiger partial charge is 0.264 e. The SMILES string of the molecule is COc1ccc(N(CC(=O)N/N=C(/C)CC(C)(C)c2ccccc2)S(=O)(=O)c2ccccc2)cc1. The number of hydrazone groups is 1. The number of nitrogens with one attached hydrogen (secondary N) is 1. The van der Waals surface area contributed by atoms with Crippen molar-refractivity contribution in [1.82, 2.24) is 5.43 Å². The monoisotopic (exact) mass is 493 g/mol. The number of nitrogens with zero attached hydrogens (tertiary/aromatic N) is 2. The molecule has 0 aromatic heterocycles. The number of rotatable bonds is 10. The van der Waals surface area contributed by atoms with Crippen molar-refractivity contribution in [3.05, 3.63) is 90.5 Å². The molecule has 0 saturated heterocycles. The molecule has 1 amide bonds. The maximum atomic E-state index is 13.4. The molecule has 3 aromatic rings. The number of carbonyl (C=O) groups excluding carboxylic acids is 1. The molecule has 0 atom stereocenters. The minimum Gasteiger partial charge on any atom is -0.497 e. The van der Waals surface area contributed by atoms with Crippen LogP contribution in [0, 0.1) is 0 Å². The molecular weight excluding hydrogens is 462 g/mol. The molecule has 7 nitrogen and oxygen atoms in total. The molecule has 3 aromatic carbocycles. The van der Waals surface area contributed by atoms with Crippen molar-refractivity contribution in [2.45, 2.75) is 37.5 Å². The number of sulfonamides is 1. The quantitative estimate of drug-likeness (QED) is 0.326. The van der Waals surface area contributed by atoms with Crippen LogP contribution in [-0.2, 0) is 20.2 Å². The molecule has 0 aliphatic heterocycles. The van der Waals surface area contributed by atoms with Gasteiger partial charge in [0.1, 0.15) is 12.3 Å². The van der Waals surface area contributed by atoms with Crippen LogP contribution in [0.1, 0.15) is 32.8 Å². The van der Waals surface area contributed by atoms with E-state index < -0.39 is 22.5 Å². The molecule has 8 heteroatoms. The first-order valence-corrected chi connectivity index (χ1v) is 12.7. The van der Waals surface area contributed by atoms with Crippen molar-refractivity contribution < 1.29 is 17.9 Å². The second-order valence-electron chi connectivity index (χ2n) is 8.83. The molecular formula is C27H31N3O4S. The minimum atomic E-state index is -3.99. The number of ether oxygens (including phenoxy) is 1. The van der Waals surface area contributed by atoms with E-state index in [1.54, 1.807) is 42.5 Å². The van der Waals surface area contributed by atoms with Gasteiger partial charge in [-0.2, -0.15) is 5.10 Å². The van der Waals surface area contributed by atoms with Crippen molar-refractivity contribution in [3.8, 4) is 5.75 Å². The molecule has 0 aliphatic carbocycles. The van der Waals surface area contributed by atoms with Gasteiger partial charge >= 0.3 is 0 Å². The molecule has 0 saturated carbocycles. The first kappa shape index (κ1) is 26.0. The summed E-state index contributed by atoms with van der Waals surface area (Å²) in [5.74, 6) is 0.0358. The summed E-state index contributed by atoms with van der Waals surface area (Å²) < 4.78 is 33.0. The van der Waals surface area contributed by atoms with Crippen LogP contribution in [0.2, 0.25) is 0 Å². The fourth-order valence-corrected chi connectivity index (χ4v) is 5.22. The number of carbonyl (C=O) groups is 1. The molecule has 184 valence electrons. The van der Waals surface area contributed by atoms with Gasteiger partial charge < -0.3 is 4.74 Å². The van der Waals surface area contributed by atoms with E-state index in [4.69, 9.17) is 4.74 Å². The van der Waals surface area contributed by atoms with Crippen molar-refractivity contribution in [2.75, 3.05) is 18.0 Å². The van der Waals surface area contributed by atoms with E-state index in [1.165, 1.54) is 24.8 Å². The summed E-state index contributed by atoms with van der Waals surface area (Å²) in [5.41, 5.74) is 4.59. The highest BCUT2D eigenvalue weighted by atomic mass is 32.2. The first-order valence-electron chi connectivity index (χ1n) is 11.2. The largest absolute Gasteiger partial charge is 0.497 e. The maximum absolute atomic E-state index is 13.4. The molecule has 3 rings (SSSR count). The number of hydrogen-bond acceptors (Lipinski definition) is 5. The molecule has 0 aliphatic rings. The molecule has 0 radical (unpaired) electrons. The van der Waals surface area contributed by atoms with Gasteiger partial charge in [0.15, 0.2) is 0 Å². The van der Waals surface area contributed by atoms with Crippen LogP contribution in [0.15, 0.2) is 94.9 Å². The maximum Gasteiger partial charge on any atom is 0.264 e. The van der Waals surface area contributed by atoms with E-state index in [9.17, 15) is 13.2 Å². The van der Waals surface area contributed by atoms with Gasteiger partial charge in [0, 0.05) is 5.71 Å². The van der Waals surface area contributed by atoms with E-state index in [0.717, 1.165) is 10.0 Å². The van der Waals surface area contributed by atoms with Gasteiger partial charge in [-0.15, -0.1) is 0 Å². The topological polar surface area (TPSA) is 88.1 Å². The van der Waals surface area contributed by atoms with Crippen LogP contribution in [0.4, 0.5) is 5.69 Å². The highest BCUT2D eigenvalue weighted by Crippen LogP contribution is 2.27. The average molecular weight is 494 g/mol. The second-order valence-corrected chi connectivity index (χ2v) is 10.7. The van der Waals surface area contributed by atoms with Gasteiger partial charge in [0.2, 0.25) is 0 Å². The van der Waals surface area contributed by atoms with Gasteiger partial charge in [-0.3, -0.25) is 9.10 Å². The standard InChI is InChI=1S/C27H31N3O4S/c1-21(19-27(2,3)22-11-7-5-8-12-22)28-29-26(31)20-30(23-15-17-24(34-4)18-16-23)35(32,33)25-13-9-6-10-14-25/h5-18H,19-20H2,1-4H3,(H,29,31)/b28-21-. The van der Waals surface area contributed by atoms with Gasteiger partial charge in [-0.25, -0.2) is 13.8 Å². The number of benzene rings is 3. The third kappa shape index (κ3) is 6.70. The predicted molar refractivity (Wildman–Crippen MR) is 139 cm³/mol. The highest BCUT2D eigenvalue weighted by Gasteiger charge is 2.27. The van der Waals surface area contributed by atoms with Crippen LogP contribution >= 0.6 is 0 Å². The van der Waals surface area contributed by atoms with Crippen molar-refractivity contribution in [2.24, 2.45) is 5.10 Å². The zero-order valence-corrected chi connectivity index (χ0v) is 21.2. The Labute approximate surface area is 207 Å². The van der Waals surface area contributed by atoms with Crippen LogP contribution in [0.3, 0.4) is 0 Å². The Morgan fingerprint density at radius 2 is 1.51 bits per heavy atom. The highest BCUT2D eigenvalue weighted by molar-refractivity contribution is 7.92. The summed E-state index contributed by atoms with van der Waals surface area (Å²) in [7, 11) is -2.46. The Balaban J connectivity index is 1.78. The van der Waals surface area contributed by atoms with Crippen molar-refractivity contribution >= 4 is 27.3 Å². The van der Waals surface area contributed by atoms with Gasteiger partial charge in [0.25, 0.3) is 15.9 Å². The Kier molecular flexibility index (Phi) is 8.30. The minimum absolute atomic E-state index is 0.0907. The number of amides is 1. The van der Waals surface area contributed by atoms with E-state index in [0.29, 0.717) is 17.9 Å². The molecule has 0 unspecified atom stereocenters. The zero-order valence-electron chi connectivity index (χ0n) is 20.4. The lowest BCUT2D eigenvalue weighted by molar-refractivity contribution is -0.119. The van der Waals surface area contributed by atoms with Gasteiger partial charge in [0.05, 0.1) is 17.7 Å². The molecule has 0 bridgehead atoms. The summed E-state index contributed by atoms with van der Waals surface area (Å²) in [6, 6.07) is 24.6. The summed E-state index contributed by atoms with van der Waals surface area (Å²) >= 11 is 0. The Hall–Kier alpha value is -3.65. The van der Waals surface area contributed by atoms with E-state index in [1.807, 2.05) is 25.1 Å². The lowest BCUT2D eigenvalue weighted by atomic mass is 9.80. The van der Waals surface area contributed by atoms with Gasteiger partial charge in [-0.1, -0.05) is 62.4 Å². The van der Waals surface area contributed by atoms with E-state index in [-0.39, 0.29) is 10.3 Å². The predicted octanol–water partition coefficient (Wildman–Crippen LogP) is 4.75. The Morgan fingerprint density at radius 1 is 0.943 bits per heavy atom. The zero-order chi connectivity index (χ0) is 25.5. The van der Waals surface area contributed by atoms with Crippen molar-refractivity contribution in [1.29, 1.82) is 0 Å². The molecule has 35 heavy (non-hydrogen) atoms. The third-order valence-corrected chi connectivity index (χ3v) is 7.39. The number of anilines is 1. The summed E-state index contributed by atoms with van der Waals surface area (Å²) in [4.78, 5) is 12.9. The normalized spacial score (nSPS) is 12.2. The summed E-state index contributed by atoms with van der Waals surface area (Å²) in [6.45, 7) is 5.64. The second kappa shape index (κ2) is 11.2. The third-order valence-electron chi connectivity index (χ3n) is 5.60. The van der Waals surface area contributed by atoms with Crippen molar-refractivity contribution in [3.63, 3.8) is 0 Å². The molecule has 0 fully saturated rings. The molecule has 0 heterocycles. The van der Waals surface area contributed by atoms with Crippen LogP contribution in [-0.4, -0.2) is 33.7 Å². The molecule has 0 spiro atoms. The fraction of sp³-hybridized carbons (Fsp3) is 0.259. The first-order chi connectivity index (χ1) is 16.6. The van der Waals surface area contributed by atoms with E-state index >= 15 is 0 Å². The fourth-order valence-electron chi connectivity index (χ4n) is 3.78. The van der Waals surface area contributed by atoms with Crippen LogP contribution in [0.5, 0.6) is 5.75 Å². The average Bonchev–Trinajstić information content (AvgIpc) is 2.87. The Bertz CT molecular complexity index is 1260. The summed E-state index contributed by atoms with van der Waals surface area (Å²) in [6.07, 6.45) is 0.627.